The summed E-state index contributed by atoms with van der Waals surface area (Å²) in [4.78, 5) is 7.18. The molecule has 0 amide bonds. The van der Waals surface area contributed by atoms with E-state index in [0.29, 0.717) is 18.0 Å². The molecule has 7 rings (SSSR count). The Morgan fingerprint density at radius 1 is 0.833 bits per heavy atom. The highest BCUT2D eigenvalue weighted by atomic mass is 16.5. The normalized spacial score (nSPS) is 22.3. The van der Waals surface area contributed by atoms with E-state index in [4.69, 9.17) is 4.74 Å². The van der Waals surface area contributed by atoms with Gasteiger partial charge in [0.1, 0.15) is 0 Å². The third kappa shape index (κ3) is 3.96. The molecule has 180 valence electrons. The van der Waals surface area contributed by atoms with E-state index in [1.165, 1.54) is 42.4 Å². The molecule has 1 N–H and O–H groups in total. The van der Waals surface area contributed by atoms with Crippen LogP contribution < -0.4 is 10.1 Å². The molecule has 4 nitrogen and oxygen atoms in total. The van der Waals surface area contributed by atoms with Crippen molar-refractivity contribution in [1.82, 2.24) is 9.88 Å². The number of rotatable bonds is 5. The van der Waals surface area contributed by atoms with Crippen molar-refractivity contribution in [1.29, 1.82) is 0 Å². The van der Waals surface area contributed by atoms with Crippen molar-refractivity contribution in [3.05, 3.63) is 102 Å². The molecule has 0 spiro atoms. The number of pyridine rings is 1. The topological polar surface area (TPSA) is 37.4 Å². The van der Waals surface area contributed by atoms with Gasteiger partial charge in [-0.15, -0.1) is 0 Å². The summed E-state index contributed by atoms with van der Waals surface area (Å²) in [6, 6.07) is 29.2. The average Bonchev–Trinajstić information content (AvgIpc) is 3.17. The van der Waals surface area contributed by atoms with Crippen LogP contribution in [-0.4, -0.2) is 28.5 Å². The second kappa shape index (κ2) is 9.11. The SMILES string of the molecule is c1ccc(CCN2C3CCC2CC(c2cc(-c4cccnc4)cc4c2Nc2ccccc2O4)C3)cc1. The zero-order valence-electron chi connectivity index (χ0n) is 20.4. The molecular formula is C32H31N3O. The molecule has 2 atom stereocenters. The summed E-state index contributed by atoms with van der Waals surface area (Å²) in [5.41, 5.74) is 7.33. The quantitative estimate of drug-likeness (QED) is 0.286. The molecule has 4 aromatic rings. The van der Waals surface area contributed by atoms with Crippen molar-refractivity contribution in [2.45, 2.75) is 50.1 Å². The molecule has 4 heterocycles. The van der Waals surface area contributed by atoms with E-state index in [1.807, 2.05) is 30.6 Å². The minimum atomic E-state index is 0.516. The third-order valence-corrected chi connectivity index (χ3v) is 8.32. The molecule has 3 aliphatic rings. The Morgan fingerprint density at radius 2 is 1.64 bits per heavy atom. The predicted molar refractivity (Wildman–Crippen MR) is 145 cm³/mol. The maximum Gasteiger partial charge on any atom is 0.151 e. The van der Waals surface area contributed by atoms with Crippen LogP contribution in [0.4, 0.5) is 11.4 Å². The van der Waals surface area contributed by atoms with Crippen LogP contribution in [0.1, 0.15) is 42.7 Å². The molecule has 2 fully saturated rings. The molecule has 2 unspecified atom stereocenters. The molecule has 3 aromatic carbocycles. The Bertz CT molecular complexity index is 1360. The number of piperidine rings is 1. The number of nitrogens with one attached hydrogen (secondary N) is 1. The first-order valence-corrected chi connectivity index (χ1v) is 13.2. The zero-order chi connectivity index (χ0) is 23.9. The summed E-state index contributed by atoms with van der Waals surface area (Å²) in [5.74, 6) is 2.32. The van der Waals surface area contributed by atoms with Crippen molar-refractivity contribution in [2.75, 3.05) is 11.9 Å². The highest BCUT2D eigenvalue weighted by Crippen LogP contribution is 2.51. The third-order valence-electron chi connectivity index (χ3n) is 8.32. The summed E-state index contributed by atoms with van der Waals surface area (Å²) >= 11 is 0. The van der Waals surface area contributed by atoms with Gasteiger partial charge in [0.05, 0.1) is 11.4 Å². The fourth-order valence-corrected chi connectivity index (χ4v) is 6.58. The first kappa shape index (κ1) is 21.6. The molecule has 3 aliphatic heterocycles. The van der Waals surface area contributed by atoms with E-state index in [9.17, 15) is 0 Å². The number of fused-ring (bicyclic) bond motifs is 4. The molecule has 0 radical (unpaired) electrons. The largest absolute Gasteiger partial charge is 0.453 e. The van der Waals surface area contributed by atoms with Crippen LogP contribution in [0, 0.1) is 0 Å². The van der Waals surface area contributed by atoms with Crippen LogP contribution in [-0.2, 0) is 6.42 Å². The second-order valence-electron chi connectivity index (χ2n) is 10.4. The summed E-state index contributed by atoms with van der Waals surface area (Å²) in [7, 11) is 0. The zero-order valence-corrected chi connectivity index (χ0v) is 20.4. The molecule has 0 aliphatic carbocycles. The number of anilines is 2. The van der Waals surface area contributed by atoms with Gasteiger partial charge in [0.15, 0.2) is 11.5 Å². The van der Waals surface area contributed by atoms with Crippen molar-refractivity contribution in [3.8, 4) is 22.6 Å². The van der Waals surface area contributed by atoms with Crippen molar-refractivity contribution >= 4 is 11.4 Å². The van der Waals surface area contributed by atoms with Gasteiger partial charge in [0.25, 0.3) is 0 Å². The minimum Gasteiger partial charge on any atom is -0.453 e. The van der Waals surface area contributed by atoms with E-state index >= 15 is 0 Å². The Labute approximate surface area is 213 Å². The summed E-state index contributed by atoms with van der Waals surface area (Å²) in [6.07, 6.45) is 9.96. The van der Waals surface area contributed by atoms with Gasteiger partial charge in [0.2, 0.25) is 0 Å². The Morgan fingerprint density at radius 3 is 2.44 bits per heavy atom. The van der Waals surface area contributed by atoms with Gasteiger partial charge in [-0.1, -0.05) is 48.5 Å². The van der Waals surface area contributed by atoms with Crippen LogP contribution in [0.15, 0.2) is 91.3 Å². The maximum absolute atomic E-state index is 6.46. The fourth-order valence-electron chi connectivity index (χ4n) is 6.58. The first-order valence-electron chi connectivity index (χ1n) is 13.2. The molecule has 1 aromatic heterocycles. The summed E-state index contributed by atoms with van der Waals surface area (Å²) in [5, 5.41) is 3.74. The maximum atomic E-state index is 6.46. The molecule has 0 saturated carbocycles. The molecule has 2 saturated heterocycles. The lowest BCUT2D eigenvalue weighted by atomic mass is 9.82. The molecule has 2 bridgehead atoms. The Hall–Kier alpha value is -3.63. The van der Waals surface area contributed by atoms with Crippen LogP contribution in [0.3, 0.4) is 0 Å². The smallest absolute Gasteiger partial charge is 0.151 e. The van der Waals surface area contributed by atoms with Crippen LogP contribution >= 0.6 is 0 Å². The number of hydrogen-bond acceptors (Lipinski definition) is 4. The molecule has 36 heavy (non-hydrogen) atoms. The first-order chi connectivity index (χ1) is 17.8. The Kier molecular flexibility index (Phi) is 5.47. The van der Waals surface area contributed by atoms with E-state index in [2.05, 4.69) is 75.9 Å². The van der Waals surface area contributed by atoms with Gasteiger partial charge in [-0.25, -0.2) is 0 Å². The summed E-state index contributed by atoms with van der Waals surface area (Å²) < 4.78 is 6.46. The Balaban J connectivity index is 1.20. The highest BCUT2D eigenvalue weighted by molar-refractivity contribution is 5.82. The van der Waals surface area contributed by atoms with Crippen molar-refractivity contribution < 1.29 is 4.74 Å². The predicted octanol–water partition coefficient (Wildman–Crippen LogP) is 7.55. The minimum absolute atomic E-state index is 0.516. The second-order valence-corrected chi connectivity index (χ2v) is 10.4. The van der Waals surface area contributed by atoms with Crippen LogP contribution in [0.2, 0.25) is 0 Å². The van der Waals surface area contributed by atoms with E-state index in [1.54, 1.807) is 0 Å². The molecular weight excluding hydrogens is 442 g/mol. The van der Waals surface area contributed by atoms with Crippen LogP contribution in [0.25, 0.3) is 11.1 Å². The van der Waals surface area contributed by atoms with Gasteiger partial charge in [-0.3, -0.25) is 9.88 Å². The van der Waals surface area contributed by atoms with Crippen molar-refractivity contribution in [3.63, 3.8) is 0 Å². The monoisotopic (exact) mass is 473 g/mol. The van der Waals surface area contributed by atoms with Crippen LogP contribution in [0.5, 0.6) is 11.5 Å². The lowest BCUT2D eigenvalue weighted by molar-refractivity contribution is 0.128. The standard InChI is InChI=1S/C32H31N3O/c1-2-7-22(8-3-1)14-16-35-26-12-13-27(35)18-25(17-26)28-19-24(23-9-6-15-33-21-23)20-31-32(28)34-29-10-4-5-11-30(29)36-31/h1-11,15,19-21,25-27,34H,12-14,16-18H2. The highest BCUT2D eigenvalue weighted by Gasteiger charge is 2.42. The van der Waals surface area contributed by atoms with Crippen molar-refractivity contribution in [2.24, 2.45) is 0 Å². The lowest BCUT2D eigenvalue weighted by Gasteiger charge is -2.40. The number of hydrogen-bond donors (Lipinski definition) is 1. The molecule has 4 heteroatoms. The fraction of sp³-hybridized carbons (Fsp3) is 0.281. The van der Waals surface area contributed by atoms with Gasteiger partial charge in [-0.05, 0) is 85.0 Å². The van der Waals surface area contributed by atoms with Gasteiger partial charge in [-0.2, -0.15) is 0 Å². The van der Waals surface area contributed by atoms with Gasteiger partial charge >= 0.3 is 0 Å². The number of benzene rings is 3. The van der Waals surface area contributed by atoms with Gasteiger partial charge in [0, 0.05) is 36.6 Å². The number of para-hydroxylation sites is 2. The number of ether oxygens (including phenoxy) is 1. The average molecular weight is 474 g/mol. The summed E-state index contributed by atoms with van der Waals surface area (Å²) in [6.45, 7) is 1.16. The van der Waals surface area contributed by atoms with Gasteiger partial charge < -0.3 is 10.1 Å². The number of aromatic nitrogens is 1. The number of nitrogens with zero attached hydrogens (tertiary/aromatic N) is 2. The lowest BCUT2D eigenvalue weighted by Crippen LogP contribution is -2.43. The van der Waals surface area contributed by atoms with E-state index in [-0.39, 0.29) is 0 Å². The van der Waals surface area contributed by atoms with E-state index < -0.39 is 0 Å². The van der Waals surface area contributed by atoms with E-state index in [0.717, 1.165) is 41.4 Å².